The quantitative estimate of drug-likeness (QED) is 0.463. The number of rotatable bonds is 7. The van der Waals surface area contributed by atoms with Crippen LogP contribution in [0.4, 0.5) is 5.69 Å². The fourth-order valence-corrected chi connectivity index (χ4v) is 3.21. The zero-order valence-corrected chi connectivity index (χ0v) is 16.5. The van der Waals surface area contributed by atoms with E-state index in [-0.39, 0.29) is 17.2 Å². The van der Waals surface area contributed by atoms with E-state index in [2.05, 4.69) is 15.3 Å². The van der Waals surface area contributed by atoms with E-state index in [1.807, 2.05) is 37.3 Å². The van der Waals surface area contributed by atoms with Crippen LogP contribution in [0, 0.1) is 6.92 Å². The number of nitrogens with one attached hydrogen (secondary N) is 2. The number of hydrogen-bond acceptors (Lipinski definition) is 5. The monoisotopic (exact) mass is 395 g/mol. The molecule has 2 aromatic carbocycles. The number of carbonyl (C=O) groups is 1. The Kier molecular flexibility index (Phi) is 6.49. The number of aromatic nitrogens is 2. The molecule has 0 spiro atoms. The first-order valence-electron chi connectivity index (χ1n) is 8.90. The molecule has 6 nitrogen and oxygen atoms in total. The summed E-state index contributed by atoms with van der Waals surface area (Å²) < 4.78 is 5.73. The lowest BCUT2D eigenvalue weighted by Gasteiger charge is -2.08. The number of amides is 1. The molecule has 0 fully saturated rings. The Bertz CT molecular complexity index is 1000. The minimum absolute atomic E-state index is 0.150. The van der Waals surface area contributed by atoms with Gasteiger partial charge < -0.3 is 15.0 Å². The Balaban J connectivity index is 1.55. The lowest BCUT2D eigenvalue weighted by molar-refractivity contribution is -0.113. The van der Waals surface area contributed by atoms with Crippen LogP contribution in [0.5, 0.6) is 11.5 Å². The van der Waals surface area contributed by atoms with Crippen LogP contribution < -0.4 is 15.6 Å². The molecule has 144 valence electrons. The maximum atomic E-state index is 12.2. The van der Waals surface area contributed by atoms with Crippen molar-refractivity contribution >= 4 is 23.4 Å². The molecule has 3 aromatic rings. The molecule has 0 radical (unpaired) electrons. The number of aromatic amines is 1. The highest BCUT2D eigenvalue weighted by molar-refractivity contribution is 7.99. The van der Waals surface area contributed by atoms with Crippen molar-refractivity contribution in [1.29, 1.82) is 0 Å². The highest BCUT2D eigenvalue weighted by Gasteiger charge is 2.09. The molecule has 1 amide bonds. The molecule has 7 heteroatoms. The molecule has 1 heterocycles. The second-order valence-corrected chi connectivity index (χ2v) is 7.04. The number of nitrogens with zero attached hydrogens (tertiary/aromatic N) is 1. The van der Waals surface area contributed by atoms with Gasteiger partial charge in [-0.25, -0.2) is 4.98 Å². The lowest BCUT2D eigenvalue weighted by Crippen LogP contribution is -2.18. The standard InChI is InChI=1S/C21H21N3O3S/c1-3-18-14(2)20(26)24-21(23-18)28-13-19(25)22-15-9-11-17(12-10-15)27-16-7-5-4-6-8-16/h4-12H,3,13H2,1-2H3,(H,22,25)(H,23,24,26). The molecule has 0 bridgehead atoms. The van der Waals surface area contributed by atoms with E-state index in [4.69, 9.17) is 4.74 Å². The number of para-hydroxylation sites is 1. The molecule has 0 aliphatic heterocycles. The van der Waals surface area contributed by atoms with Crippen LogP contribution in [0.3, 0.4) is 0 Å². The number of H-pyrrole nitrogens is 1. The van der Waals surface area contributed by atoms with Crippen LogP contribution in [0.25, 0.3) is 0 Å². The van der Waals surface area contributed by atoms with Gasteiger partial charge in [-0.05, 0) is 49.7 Å². The number of hydrogen-bond donors (Lipinski definition) is 2. The lowest BCUT2D eigenvalue weighted by atomic mass is 10.2. The van der Waals surface area contributed by atoms with Crippen LogP contribution in [-0.2, 0) is 11.2 Å². The average Bonchev–Trinajstić information content (AvgIpc) is 2.71. The van der Waals surface area contributed by atoms with Crippen molar-refractivity contribution in [3.05, 3.63) is 76.2 Å². The summed E-state index contributed by atoms with van der Waals surface area (Å²) in [6.45, 7) is 3.69. The van der Waals surface area contributed by atoms with E-state index in [1.54, 1.807) is 31.2 Å². The van der Waals surface area contributed by atoms with Gasteiger partial charge >= 0.3 is 0 Å². The van der Waals surface area contributed by atoms with Crippen molar-refractivity contribution in [2.75, 3.05) is 11.1 Å². The van der Waals surface area contributed by atoms with Crippen molar-refractivity contribution in [2.24, 2.45) is 0 Å². The summed E-state index contributed by atoms with van der Waals surface area (Å²) >= 11 is 1.20. The number of thioether (sulfide) groups is 1. The van der Waals surface area contributed by atoms with E-state index in [9.17, 15) is 9.59 Å². The summed E-state index contributed by atoms with van der Waals surface area (Å²) in [5.41, 5.74) is 1.88. The van der Waals surface area contributed by atoms with Crippen molar-refractivity contribution in [2.45, 2.75) is 25.4 Å². The summed E-state index contributed by atoms with van der Waals surface area (Å²) in [5.74, 6) is 1.41. The van der Waals surface area contributed by atoms with E-state index in [0.29, 0.717) is 28.6 Å². The van der Waals surface area contributed by atoms with E-state index < -0.39 is 0 Å². The maximum Gasteiger partial charge on any atom is 0.254 e. The molecule has 1 aromatic heterocycles. The summed E-state index contributed by atoms with van der Waals surface area (Å²) in [6, 6.07) is 16.6. The molecule has 0 aliphatic carbocycles. The minimum Gasteiger partial charge on any atom is -0.457 e. The third kappa shape index (κ3) is 5.23. The zero-order valence-electron chi connectivity index (χ0n) is 15.7. The second-order valence-electron chi connectivity index (χ2n) is 6.07. The third-order valence-corrected chi connectivity index (χ3v) is 4.90. The maximum absolute atomic E-state index is 12.2. The number of anilines is 1. The molecule has 0 atom stereocenters. The molecular formula is C21H21N3O3S. The van der Waals surface area contributed by atoms with Crippen LogP contribution in [0.1, 0.15) is 18.2 Å². The van der Waals surface area contributed by atoms with Gasteiger partial charge in [-0.2, -0.15) is 0 Å². The largest absolute Gasteiger partial charge is 0.457 e. The van der Waals surface area contributed by atoms with Crippen LogP contribution in [0.2, 0.25) is 0 Å². The Morgan fingerprint density at radius 2 is 1.79 bits per heavy atom. The Hall–Kier alpha value is -3.06. The van der Waals surface area contributed by atoms with Gasteiger partial charge in [-0.3, -0.25) is 9.59 Å². The predicted octanol–water partition coefficient (Wildman–Crippen LogP) is 4.16. The van der Waals surface area contributed by atoms with Crippen molar-refractivity contribution in [3.8, 4) is 11.5 Å². The molecule has 0 saturated heterocycles. The Morgan fingerprint density at radius 1 is 1.11 bits per heavy atom. The number of ether oxygens (including phenoxy) is 1. The summed E-state index contributed by atoms with van der Waals surface area (Å²) in [7, 11) is 0. The molecule has 0 aliphatic rings. The molecule has 28 heavy (non-hydrogen) atoms. The summed E-state index contributed by atoms with van der Waals surface area (Å²) in [6.07, 6.45) is 0.674. The first kappa shape index (κ1) is 19.7. The van der Waals surface area contributed by atoms with Gasteiger partial charge in [0.1, 0.15) is 11.5 Å². The fraction of sp³-hybridized carbons (Fsp3) is 0.190. The number of aryl methyl sites for hydroxylation is 1. The average molecular weight is 395 g/mol. The van der Waals surface area contributed by atoms with E-state index >= 15 is 0 Å². The molecule has 2 N–H and O–H groups in total. The van der Waals surface area contributed by atoms with E-state index in [0.717, 1.165) is 11.4 Å². The van der Waals surface area contributed by atoms with Crippen molar-refractivity contribution in [1.82, 2.24) is 9.97 Å². The SMILES string of the molecule is CCc1nc(SCC(=O)Nc2ccc(Oc3ccccc3)cc2)[nH]c(=O)c1C. The number of carbonyl (C=O) groups excluding carboxylic acids is 1. The molecule has 0 unspecified atom stereocenters. The van der Waals surface area contributed by atoms with Gasteiger partial charge in [-0.15, -0.1) is 0 Å². The summed E-state index contributed by atoms with van der Waals surface area (Å²) in [4.78, 5) is 31.2. The Labute approximate surface area is 167 Å². The third-order valence-electron chi connectivity index (χ3n) is 4.02. The highest BCUT2D eigenvalue weighted by Crippen LogP contribution is 2.23. The van der Waals surface area contributed by atoms with Crippen molar-refractivity contribution in [3.63, 3.8) is 0 Å². The van der Waals surface area contributed by atoms with Gasteiger partial charge in [0.2, 0.25) is 5.91 Å². The van der Waals surface area contributed by atoms with E-state index in [1.165, 1.54) is 11.8 Å². The van der Waals surface area contributed by atoms with Crippen molar-refractivity contribution < 1.29 is 9.53 Å². The smallest absolute Gasteiger partial charge is 0.254 e. The Morgan fingerprint density at radius 3 is 2.46 bits per heavy atom. The number of benzene rings is 2. The molecule has 3 rings (SSSR count). The van der Waals surface area contributed by atoms with Crippen LogP contribution in [-0.4, -0.2) is 21.6 Å². The van der Waals surface area contributed by atoms with Gasteiger partial charge in [0, 0.05) is 11.3 Å². The summed E-state index contributed by atoms with van der Waals surface area (Å²) in [5, 5.41) is 3.28. The normalized spacial score (nSPS) is 10.5. The van der Waals surface area contributed by atoms with Gasteiger partial charge in [0.05, 0.1) is 11.4 Å². The first-order valence-corrected chi connectivity index (χ1v) is 9.89. The minimum atomic E-state index is -0.178. The fourth-order valence-electron chi connectivity index (χ4n) is 2.53. The van der Waals surface area contributed by atoms with Crippen LogP contribution >= 0.6 is 11.8 Å². The van der Waals surface area contributed by atoms with Crippen LogP contribution in [0.15, 0.2) is 64.5 Å². The van der Waals surface area contributed by atoms with Gasteiger partial charge in [0.25, 0.3) is 5.56 Å². The van der Waals surface area contributed by atoms with Gasteiger partial charge in [-0.1, -0.05) is 36.9 Å². The van der Waals surface area contributed by atoms with Gasteiger partial charge in [0.15, 0.2) is 5.16 Å². The topological polar surface area (TPSA) is 84.1 Å². The molecular weight excluding hydrogens is 374 g/mol. The highest BCUT2D eigenvalue weighted by atomic mass is 32.2. The first-order chi connectivity index (χ1) is 13.5. The second kappa shape index (κ2) is 9.23. The predicted molar refractivity (Wildman–Crippen MR) is 111 cm³/mol. The zero-order chi connectivity index (χ0) is 19.9. The molecule has 0 saturated carbocycles.